The molecule has 0 aromatic carbocycles. The van der Waals surface area contributed by atoms with E-state index in [1.165, 1.54) is 0 Å². The van der Waals surface area contributed by atoms with E-state index in [0.29, 0.717) is 0 Å². The summed E-state index contributed by atoms with van der Waals surface area (Å²) in [5, 5.41) is 2.02. The predicted octanol–water partition coefficient (Wildman–Crippen LogP) is 1.13. The summed E-state index contributed by atoms with van der Waals surface area (Å²) in [5.41, 5.74) is 0. The summed E-state index contributed by atoms with van der Waals surface area (Å²) in [6.45, 7) is 0.170. The second kappa shape index (κ2) is 6.61. The number of rotatable bonds is 4. The number of sulfone groups is 1. The Morgan fingerprint density at radius 1 is 1.53 bits per heavy atom. The minimum atomic E-state index is -3.08. The van der Waals surface area contributed by atoms with Gasteiger partial charge in [0.1, 0.15) is 6.61 Å². The summed E-state index contributed by atoms with van der Waals surface area (Å²) in [6.07, 6.45) is 0. The minimum Gasteiger partial charge on any atom is -0.469 e. The van der Waals surface area contributed by atoms with E-state index in [1.54, 1.807) is 0 Å². The van der Waals surface area contributed by atoms with Crippen molar-refractivity contribution in [3.63, 3.8) is 0 Å². The fourth-order valence-corrected chi connectivity index (χ4v) is 4.26. The Morgan fingerprint density at radius 2 is 2.18 bits per heavy atom. The van der Waals surface area contributed by atoms with Gasteiger partial charge in [-0.25, -0.2) is 8.42 Å². The van der Waals surface area contributed by atoms with E-state index in [9.17, 15) is 8.42 Å². The van der Waals surface area contributed by atoms with Gasteiger partial charge in [0, 0.05) is 5.88 Å². The van der Waals surface area contributed by atoms with Gasteiger partial charge in [0.2, 0.25) is 0 Å². The zero-order valence-corrected chi connectivity index (χ0v) is 12.6. The molecule has 1 heterocycles. The van der Waals surface area contributed by atoms with Crippen molar-refractivity contribution >= 4 is 62.0 Å². The Labute approximate surface area is 121 Å². The number of nitrogens with one attached hydrogen (secondary N) is 1. The van der Waals surface area contributed by atoms with Crippen molar-refractivity contribution in [3.8, 4) is 0 Å². The molecule has 4 nitrogen and oxygen atoms in total. The van der Waals surface area contributed by atoms with Crippen LogP contribution < -0.4 is 5.32 Å². The van der Waals surface area contributed by atoms with Crippen molar-refractivity contribution in [2.75, 3.05) is 24.0 Å². The lowest BCUT2D eigenvalue weighted by Gasteiger charge is -2.17. The summed E-state index contributed by atoms with van der Waals surface area (Å²) in [6, 6.07) is -0.418. The predicted molar refractivity (Wildman–Crippen MR) is 74.1 cm³/mol. The average Bonchev–Trinajstić information content (AvgIpc) is 2.48. The fraction of sp³-hybridized carbons (Fsp3) is 0.875. The Morgan fingerprint density at radius 3 is 2.65 bits per heavy atom. The molecule has 1 rings (SSSR count). The second-order valence-electron chi connectivity index (χ2n) is 3.69. The number of ether oxygens (including phenoxy) is 1. The van der Waals surface area contributed by atoms with E-state index in [0.717, 1.165) is 0 Å². The minimum absolute atomic E-state index is 0.0372. The average molecular weight is 341 g/mol. The van der Waals surface area contributed by atoms with Crippen molar-refractivity contribution in [3.05, 3.63) is 0 Å². The molecule has 0 radical (unpaired) electrons. The first-order valence-electron chi connectivity index (χ1n) is 4.82. The lowest BCUT2D eigenvalue weighted by atomic mass is 10.3. The van der Waals surface area contributed by atoms with E-state index in [1.807, 2.05) is 0 Å². The lowest BCUT2D eigenvalue weighted by molar-refractivity contribution is 0.298. The number of halogens is 3. The van der Waals surface area contributed by atoms with E-state index >= 15 is 0 Å². The highest BCUT2D eigenvalue weighted by Crippen LogP contribution is 2.18. The van der Waals surface area contributed by atoms with E-state index in [2.05, 4.69) is 5.32 Å². The fourth-order valence-electron chi connectivity index (χ4n) is 1.34. The first-order valence-corrected chi connectivity index (χ1v) is 8.45. The zero-order chi connectivity index (χ0) is 13.1. The summed E-state index contributed by atoms with van der Waals surface area (Å²) in [4.78, 5) is 0. The van der Waals surface area contributed by atoms with Crippen LogP contribution in [0.5, 0.6) is 0 Å². The lowest BCUT2D eigenvalue weighted by Crippen LogP contribution is -2.41. The normalized spacial score (nSPS) is 28.6. The van der Waals surface area contributed by atoms with Crippen LogP contribution in [0.25, 0.3) is 0 Å². The van der Waals surface area contributed by atoms with Crippen molar-refractivity contribution in [1.29, 1.82) is 0 Å². The van der Waals surface area contributed by atoms with E-state index in [-0.39, 0.29) is 34.5 Å². The molecule has 0 aliphatic carbocycles. The van der Waals surface area contributed by atoms with Crippen LogP contribution in [0.1, 0.15) is 0 Å². The Hall–Kier alpha value is 0.510. The molecule has 0 unspecified atom stereocenters. The van der Waals surface area contributed by atoms with Crippen molar-refractivity contribution in [2.24, 2.45) is 0 Å². The molecule has 1 aliphatic heterocycles. The van der Waals surface area contributed by atoms with Crippen LogP contribution in [0, 0.1) is 0 Å². The molecular formula is C8H12Cl3NO3S2. The van der Waals surface area contributed by atoms with Gasteiger partial charge in [-0.1, -0.05) is 0 Å². The van der Waals surface area contributed by atoms with Gasteiger partial charge in [-0.05, 0) is 12.2 Å². The molecule has 0 aromatic rings. The van der Waals surface area contributed by atoms with Crippen LogP contribution in [0.3, 0.4) is 0 Å². The molecule has 17 heavy (non-hydrogen) atoms. The molecule has 0 bridgehead atoms. The van der Waals surface area contributed by atoms with E-state index in [4.69, 9.17) is 51.8 Å². The standard InChI is InChI=1S/C8H12Cl3NO3S2/c9-1-5(10)2-15-8(16)12-7-4-17(13,14)3-6(7)11/h5-7H,1-4H2,(H,12,16)/t5-,6+,7+/m0/s1. The molecular weight excluding hydrogens is 329 g/mol. The summed E-state index contributed by atoms with van der Waals surface area (Å²) in [5.74, 6) is 0.166. The van der Waals surface area contributed by atoms with Crippen LogP contribution in [0.4, 0.5) is 0 Å². The molecule has 9 heteroatoms. The molecule has 3 atom stereocenters. The molecule has 1 N–H and O–H groups in total. The molecule has 1 aliphatic rings. The first kappa shape index (κ1) is 15.6. The smallest absolute Gasteiger partial charge is 0.256 e. The first-order chi connectivity index (χ1) is 7.84. The van der Waals surface area contributed by atoms with Gasteiger partial charge in [0.25, 0.3) is 5.17 Å². The maximum absolute atomic E-state index is 11.3. The molecule has 100 valence electrons. The largest absolute Gasteiger partial charge is 0.469 e. The van der Waals surface area contributed by atoms with Gasteiger partial charge in [-0.3, -0.25) is 0 Å². The molecule has 1 fully saturated rings. The number of alkyl halides is 3. The summed E-state index contributed by atoms with van der Waals surface area (Å²) in [7, 11) is -3.08. The third kappa shape index (κ3) is 5.34. The Bertz CT molecular complexity index is 376. The highest BCUT2D eigenvalue weighted by molar-refractivity contribution is 7.91. The number of thiocarbonyl (C=S) groups is 1. The third-order valence-electron chi connectivity index (χ3n) is 2.15. The van der Waals surface area contributed by atoms with E-state index < -0.39 is 21.3 Å². The molecule has 0 aromatic heterocycles. The van der Waals surface area contributed by atoms with Crippen LogP contribution >= 0.6 is 47.0 Å². The highest BCUT2D eigenvalue weighted by Gasteiger charge is 2.37. The summed E-state index contributed by atoms with van der Waals surface area (Å²) < 4.78 is 27.7. The number of hydrogen-bond acceptors (Lipinski definition) is 4. The Balaban J connectivity index is 2.37. The maximum Gasteiger partial charge on any atom is 0.256 e. The molecule has 0 saturated carbocycles. The number of hydrogen-bond donors (Lipinski definition) is 1. The van der Waals surface area contributed by atoms with Gasteiger partial charge in [-0.2, -0.15) is 0 Å². The maximum atomic E-state index is 11.3. The second-order valence-corrected chi connectivity index (χ2v) is 7.70. The highest BCUT2D eigenvalue weighted by atomic mass is 35.5. The van der Waals surface area contributed by atoms with Gasteiger partial charge >= 0.3 is 0 Å². The summed E-state index contributed by atoms with van der Waals surface area (Å²) >= 11 is 22.0. The SMILES string of the molecule is O=S1(=O)C[C@@H](Cl)[C@H](NC(=S)OC[C@@H](Cl)CCl)C1. The quantitative estimate of drug-likeness (QED) is 0.614. The Kier molecular flexibility index (Phi) is 6.05. The van der Waals surface area contributed by atoms with Crippen molar-refractivity contribution in [2.45, 2.75) is 16.8 Å². The van der Waals surface area contributed by atoms with Crippen LogP contribution in [0.2, 0.25) is 0 Å². The van der Waals surface area contributed by atoms with Gasteiger partial charge in [-0.15, -0.1) is 34.8 Å². The third-order valence-corrected chi connectivity index (χ3v) is 5.57. The molecule has 0 amide bonds. The van der Waals surface area contributed by atoms with Crippen molar-refractivity contribution in [1.82, 2.24) is 5.32 Å². The van der Waals surface area contributed by atoms with Crippen molar-refractivity contribution < 1.29 is 13.2 Å². The van der Waals surface area contributed by atoms with Crippen LogP contribution in [-0.4, -0.2) is 54.4 Å². The van der Waals surface area contributed by atoms with Crippen LogP contribution in [-0.2, 0) is 14.6 Å². The van der Waals surface area contributed by atoms with Crippen LogP contribution in [0.15, 0.2) is 0 Å². The van der Waals surface area contributed by atoms with Gasteiger partial charge < -0.3 is 10.1 Å². The van der Waals surface area contributed by atoms with Gasteiger partial charge in [0.15, 0.2) is 9.84 Å². The molecule has 0 spiro atoms. The van der Waals surface area contributed by atoms with Gasteiger partial charge in [0.05, 0.1) is 28.3 Å². The zero-order valence-electron chi connectivity index (χ0n) is 8.74. The monoisotopic (exact) mass is 339 g/mol. The molecule has 1 saturated heterocycles. The topological polar surface area (TPSA) is 55.4 Å².